The van der Waals surface area contributed by atoms with Gasteiger partial charge in [0.1, 0.15) is 17.2 Å². The van der Waals surface area contributed by atoms with Gasteiger partial charge in [-0.2, -0.15) is 5.26 Å². The number of fused-ring (bicyclic) bond motifs is 3. The monoisotopic (exact) mass is 512 g/mol. The molecule has 5 rings (SSSR count). The molecule has 7 nitrogen and oxygen atoms in total. The topological polar surface area (TPSA) is 70.2 Å². The molecule has 3 heterocycles. The lowest BCUT2D eigenvalue weighted by Crippen LogP contribution is -2.41. The predicted molar refractivity (Wildman–Crippen MR) is 132 cm³/mol. The van der Waals surface area contributed by atoms with Gasteiger partial charge >= 0.3 is 0 Å². The molecule has 0 bridgehead atoms. The van der Waals surface area contributed by atoms with Gasteiger partial charge in [-0.1, -0.05) is 11.6 Å². The molecule has 0 radical (unpaired) electrons. The first-order valence-electron chi connectivity index (χ1n) is 11.9. The Hall–Kier alpha value is -3.22. The maximum absolute atomic E-state index is 14.6. The minimum atomic E-state index is -0.716. The molecule has 0 unspecified atom stereocenters. The van der Waals surface area contributed by atoms with Crippen LogP contribution in [0.15, 0.2) is 30.3 Å². The molecule has 188 valence electrons. The molecule has 0 amide bonds. The fourth-order valence-corrected chi connectivity index (χ4v) is 5.25. The maximum Gasteiger partial charge on any atom is 0.168 e. The summed E-state index contributed by atoms with van der Waals surface area (Å²) in [5.41, 5.74) is 1.60. The van der Waals surface area contributed by atoms with Crippen molar-refractivity contribution in [2.24, 2.45) is 0 Å². The van der Waals surface area contributed by atoms with E-state index in [4.69, 9.17) is 16.3 Å². The van der Waals surface area contributed by atoms with Crippen molar-refractivity contribution in [3.05, 3.63) is 64.2 Å². The molecule has 0 N–H and O–H groups in total. The quantitative estimate of drug-likeness (QED) is 0.478. The van der Waals surface area contributed by atoms with Crippen LogP contribution in [0.4, 0.5) is 14.5 Å². The lowest BCUT2D eigenvalue weighted by atomic mass is 9.95. The molecule has 3 aromatic rings. The number of nitriles is 1. The Morgan fingerprint density at radius 1 is 1.06 bits per heavy atom. The summed E-state index contributed by atoms with van der Waals surface area (Å²) < 4.78 is 35.6. The number of piperidine rings is 1. The Kier molecular flexibility index (Phi) is 6.35. The molecule has 1 aromatic heterocycles. The lowest BCUT2D eigenvalue weighted by Gasteiger charge is -2.33. The minimum absolute atomic E-state index is 0.0245. The summed E-state index contributed by atoms with van der Waals surface area (Å²) in [5.74, 6) is 0.429. The summed E-state index contributed by atoms with van der Waals surface area (Å²) in [6.45, 7) is 5.98. The Morgan fingerprint density at radius 2 is 1.81 bits per heavy atom. The van der Waals surface area contributed by atoms with Gasteiger partial charge in [0.2, 0.25) is 0 Å². The van der Waals surface area contributed by atoms with Gasteiger partial charge in [-0.05, 0) is 50.5 Å². The third-order valence-electron chi connectivity index (χ3n) is 7.22. The number of ether oxygens (including phenoxy) is 1. The van der Waals surface area contributed by atoms with Gasteiger partial charge in [-0.15, -0.1) is 10.2 Å². The first-order valence-corrected chi connectivity index (χ1v) is 12.3. The highest BCUT2D eigenvalue weighted by atomic mass is 35.5. The number of anilines is 1. The van der Waals surface area contributed by atoms with E-state index >= 15 is 0 Å². The molecular weight excluding hydrogens is 486 g/mol. The van der Waals surface area contributed by atoms with E-state index in [1.54, 1.807) is 0 Å². The van der Waals surface area contributed by atoms with E-state index in [2.05, 4.69) is 25.7 Å². The molecule has 1 saturated heterocycles. The highest BCUT2D eigenvalue weighted by Gasteiger charge is 2.35. The number of nitrogens with zero attached hydrogens (tertiary/aromatic N) is 6. The number of aromatic nitrogens is 3. The molecule has 1 fully saturated rings. The molecule has 36 heavy (non-hydrogen) atoms. The summed E-state index contributed by atoms with van der Waals surface area (Å²) in [4.78, 5) is 3.99. The van der Waals surface area contributed by atoms with Crippen molar-refractivity contribution in [1.82, 2.24) is 19.7 Å². The van der Waals surface area contributed by atoms with Crippen LogP contribution in [-0.4, -0.2) is 45.4 Å². The zero-order chi connectivity index (χ0) is 25.6. The van der Waals surface area contributed by atoms with Crippen molar-refractivity contribution < 1.29 is 13.5 Å². The molecule has 0 atom stereocenters. The van der Waals surface area contributed by atoms with Gasteiger partial charge in [0.15, 0.2) is 17.4 Å². The Labute approximate surface area is 213 Å². The van der Waals surface area contributed by atoms with E-state index in [1.807, 2.05) is 36.9 Å². The largest absolute Gasteiger partial charge is 0.494 e. The molecule has 0 spiro atoms. The van der Waals surface area contributed by atoms with Gasteiger partial charge in [0.05, 0.1) is 31.1 Å². The van der Waals surface area contributed by atoms with Crippen LogP contribution in [0.5, 0.6) is 5.75 Å². The van der Waals surface area contributed by atoms with E-state index < -0.39 is 17.2 Å². The molecule has 0 aliphatic carbocycles. The second-order valence-electron chi connectivity index (χ2n) is 9.81. The summed E-state index contributed by atoms with van der Waals surface area (Å²) in [6.07, 6.45) is 1.46. The first kappa shape index (κ1) is 24.5. The van der Waals surface area contributed by atoms with E-state index in [0.29, 0.717) is 36.9 Å². The van der Waals surface area contributed by atoms with Crippen LogP contribution in [0.25, 0.3) is 5.69 Å². The average Bonchev–Trinajstić information content (AvgIpc) is 3.19. The van der Waals surface area contributed by atoms with Crippen molar-refractivity contribution in [1.29, 1.82) is 5.26 Å². The lowest BCUT2D eigenvalue weighted by molar-refractivity contribution is 0.147. The van der Waals surface area contributed by atoms with Crippen LogP contribution in [0, 0.1) is 23.0 Å². The molecular formula is C26H27ClF2N6O. The van der Waals surface area contributed by atoms with Crippen molar-refractivity contribution in [2.75, 3.05) is 25.1 Å². The minimum Gasteiger partial charge on any atom is -0.494 e. The molecule has 0 saturated carbocycles. The van der Waals surface area contributed by atoms with Gasteiger partial charge < -0.3 is 9.64 Å². The van der Waals surface area contributed by atoms with E-state index in [9.17, 15) is 14.0 Å². The summed E-state index contributed by atoms with van der Waals surface area (Å²) in [5, 5.41) is 19.5. The molecule has 2 aliphatic rings. The number of hydrogen-bond donors (Lipinski definition) is 0. The average molecular weight is 513 g/mol. The maximum atomic E-state index is 14.6. The van der Waals surface area contributed by atoms with E-state index in [0.717, 1.165) is 41.8 Å². The fourth-order valence-electron chi connectivity index (χ4n) is 5.05. The smallest absolute Gasteiger partial charge is 0.168 e. The highest BCUT2D eigenvalue weighted by molar-refractivity contribution is 6.30. The third kappa shape index (κ3) is 4.29. The van der Waals surface area contributed by atoms with Gasteiger partial charge in [0, 0.05) is 42.7 Å². The molecule has 2 aromatic carbocycles. The Balaban J connectivity index is 1.45. The Bertz CT molecular complexity index is 1340. The summed E-state index contributed by atoms with van der Waals surface area (Å²) in [6, 6.07) is 10.4. The SMILES string of the molecule is COc1cc(N2CCC(c3nnc4n3-c3ccc(Cl)cc3CN(C(C)(C)C#N)C4)CC2)c(F)cc1F. The normalized spacial score (nSPS) is 16.8. The van der Waals surface area contributed by atoms with Crippen LogP contribution >= 0.6 is 11.6 Å². The van der Waals surface area contributed by atoms with Crippen LogP contribution in [-0.2, 0) is 13.1 Å². The number of methoxy groups -OCH3 is 1. The zero-order valence-electron chi connectivity index (χ0n) is 20.4. The summed E-state index contributed by atoms with van der Waals surface area (Å²) >= 11 is 6.34. The number of rotatable bonds is 4. The van der Waals surface area contributed by atoms with Crippen LogP contribution < -0.4 is 9.64 Å². The van der Waals surface area contributed by atoms with Gasteiger partial charge in [-0.3, -0.25) is 9.47 Å². The second kappa shape index (κ2) is 9.34. The number of hydrogen-bond acceptors (Lipinski definition) is 6. The Morgan fingerprint density at radius 3 is 2.50 bits per heavy atom. The molecule has 2 aliphatic heterocycles. The van der Waals surface area contributed by atoms with E-state index in [1.165, 1.54) is 13.2 Å². The molecule has 10 heteroatoms. The summed E-state index contributed by atoms with van der Waals surface area (Å²) in [7, 11) is 1.37. The predicted octanol–water partition coefficient (Wildman–Crippen LogP) is 5.21. The van der Waals surface area contributed by atoms with Crippen molar-refractivity contribution in [2.45, 2.75) is 51.2 Å². The zero-order valence-corrected chi connectivity index (χ0v) is 21.2. The van der Waals surface area contributed by atoms with Crippen molar-refractivity contribution >= 4 is 17.3 Å². The third-order valence-corrected chi connectivity index (χ3v) is 7.45. The number of halogens is 3. The standard InChI is InChI=1S/C26H27ClF2N6O/c1-26(2,15-30)34-13-17-10-18(27)4-5-21(17)35-24(14-34)31-32-25(35)16-6-8-33(9-7-16)22-12-23(36-3)20(29)11-19(22)28/h4-5,10-12,16H,6-9,13-14H2,1-3H3. The first-order chi connectivity index (χ1) is 17.2. The van der Waals surface area contributed by atoms with Crippen molar-refractivity contribution in [3.8, 4) is 17.5 Å². The van der Waals surface area contributed by atoms with Crippen molar-refractivity contribution in [3.63, 3.8) is 0 Å². The van der Waals surface area contributed by atoms with Crippen LogP contribution in [0.3, 0.4) is 0 Å². The van der Waals surface area contributed by atoms with Gasteiger partial charge in [-0.25, -0.2) is 8.78 Å². The fraction of sp³-hybridized carbons (Fsp3) is 0.423. The number of benzene rings is 2. The van der Waals surface area contributed by atoms with Gasteiger partial charge in [0.25, 0.3) is 0 Å². The highest BCUT2D eigenvalue weighted by Crippen LogP contribution is 2.37. The van der Waals surface area contributed by atoms with Crippen LogP contribution in [0.1, 0.15) is 49.8 Å². The van der Waals surface area contributed by atoms with Crippen LogP contribution in [0.2, 0.25) is 5.02 Å². The van der Waals surface area contributed by atoms with E-state index in [-0.39, 0.29) is 11.7 Å². The second-order valence-corrected chi connectivity index (χ2v) is 10.2.